The van der Waals surface area contributed by atoms with Crippen LogP contribution in [-0.4, -0.2) is 43.0 Å². The molecule has 0 radical (unpaired) electrons. The Kier molecular flexibility index (Phi) is 4.25. The maximum Gasteiger partial charge on any atom is 0.231 e. The molecule has 0 N–H and O–H groups in total. The second kappa shape index (κ2) is 7.05. The van der Waals surface area contributed by atoms with Gasteiger partial charge in [0.25, 0.3) is 0 Å². The molecule has 1 unspecified atom stereocenters. The summed E-state index contributed by atoms with van der Waals surface area (Å²) in [7, 11) is 0. The summed E-state index contributed by atoms with van der Waals surface area (Å²) in [6.45, 7) is 1.70. The summed E-state index contributed by atoms with van der Waals surface area (Å²) in [6, 6.07) is 11.6. The fraction of sp³-hybridized carbons (Fsp3) is 0.211. The lowest BCUT2D eigenvalue weighted by molar-refractivity contribution is 0.360. The van der Waals surface area contributed by atoms with E-state index in [1.165, 1.54) is 6.33 Å². The first kappa shape index (κ1) is 16.9. The molecule has 9 heteroatoms. The molecule has 0 saturated carbocycles. The molecule has 0 amide bonds. The molecule has 1 aromatic carbocycles. The van der Waals surface area contributed by atoms with Crippen molar-refractivity contribution < 1.29 is 4.52 Å². The van der Waals surface area contributed by atoms with Gasteiger partial charge in [-0.1, -0.05) is 28.9 Å². The Morgan fingerprint density at radius 2 is 2.11 bits per heavy atom. The molecule has 0 spiro atoms. The smallest absolute Gasteiger partial charge is 0.231 e. The van der Waals surface area contributed by atoms with E-state index >= 15 is 0 Å². The number of benzene rings is 1. The molecule has 140 valence electrons. The van der Waals surface area contributed by atoms with Gasteiger partial charge in [0.1, 0.15) is 12.7 Å². The fourth-order valence-corrected chi connectivity index (χ4v) is 3.67. The zero-order chi connectivity index (χ0) is 18.9. The molecule has 1 aliphatic heterocycles. The number of hydrogen-bond donors (Lipinski definition) is 0. The molecule has 1 atom stereocenters. The number of anilines is 1. The van der Waals surface area contributed by atoms with Crippen LogP contribution >= 0.6 is 11.6 Å². The minimum atomic E-state index is 0.175. The largest absolute Gasteiger partial charge is 0.370 e. The van der Waals surface area contributed by atoms with Crippen LogP contribution in [0.2, 0.25) is 5.02 Å². The fourth-order valence-electron chi connectivity index (χ4n) is 3.42. The maximum atomic E-state index is 6.33. The van der Waals surface area contributed by atoms with Crippen LogP contribution in [0.3, 0.4) is 0 Å². The summed E-state index contributed by atoms with van der Waals surface area (Å²) in [5, 5.41) is 9.02. The van der Waals surface area contributed by atoms with Crippen LogP contribution in [0.5, 0.6) is 0 Å². The molecule has 5 rings (SSSR count). The number of nitrogens with zero attached hydrogens (tertiary/aromatic N) is 7. The molecule has 1 saturated heterocycles. The third-order valence-corrected chi connectivity index (χ3v) is 5.15. The SMILES string of the molecule is Clc1ccccc1N1CCC(c2nc(-c3ccnc(-n4cncn4)c3)no2)C1. The van der Waals surface area contributed by atoms with Gasteiger partial charge in [0, 0.05) is 24.8 Å². The van der Waals surface area contributed by atoms with E-state index in [2.05, 4.69) is 30.1 Å². The first-order valence-corrected chi connectivity index (χ1v) is 9.30. The van der Waals surface area contributed by atoms with Crippen LogP contribution in [0, 0.1) is 0 Å². The van der Waals surface area contributed by atoms with Crippen molar-refractivity contribution in [1.29, 1.82) is 0 Å². The number of aromatic nitrogens is 6. The molecular formula is C19H16ClN7O. The Morgan fingerprint density at radius 3 is 2.96 bits per heavy atom. The molecule has 0 aliphatic carbocycles. The standard InChI is InChI=1S/C19H16ClN7O/c20-15-3-1-2-4-16(15)26-8-6-14(10-26)19-24-18(25-28-19)13-5-7-22-17(9-13)27-12-21-11-23-27/h1-5,7,9,11-12,14H,6,8,10H2. The predicted octanol–water partition coefficient (Wildman–Crippen LogP) is 3.36. The lowest BCUT2D eigenvalue weighted by Crippen LogP contribution is -2.19. The van der Waals surface area contributed by atoms with E-state index in [0.29, 0.717) is 17.5 Å². The highest BCUT2D eigenvalue weighted by Gasteiger charge is 2.29. The quantitative estimate of drug-likeness (QED) is 0.525. The summed E-state index contributed by atoms with van der Waals surface area (Å²) >= 11 is 6.33. The number of para-hydroxylation sites is 1. The highest BCUT2D eigenvalue weighted by molar-refractivity contribution is 6.33. The topological polar surface area (TPSA) is 85.8 Å². The maximum absolute atomic E-state index is 6.33. The first-order valence-electron chi connectivity index (χ1n) is 8.92. The van der Waals surface area contributed by atoms with Crippen molar-refractivity contribution in [2.24, 2.45) is 0 Å². The van der Waals surface area contributed by atoms with Gasteiger partial charge in [-0.3, -0.25) is 0 Å². The Bertz CT molecular complexity index is 1100. The number of rotatable bonds is 4. The highest BCUT2D eigenvalue weighted by Crippen LogP contribution is 2.34. The number of pyridine rings is 1. The lowest BCUT2D eigenvalue weighted by atomic mass is 10.1. The molecule has 4 heterocycles. The Morgan fingerprint density at radius 1 is 1.18 bits per heavy atom. The second-order valence-electron chi connectivity index (χ2n) is 6.58. The monoisotopic (exact) mass is 393 g/mol. The average Bonchev–Trinajstić information content (AvgIpc) is 3.49. The van der Waals surface area contributed by atoms with E-state index in [1.807, 2.05) is 36.4 Å². The summed E-state index contributed by atoms with van der Waals surface area (Å²) in [4.78, 5) is 15.1. The molecule has 8 nitrogen and oxygen atoms in total. The summed E-state index contributed by atoms with van der Waals surface area (Å²) < 4.78 is 7.16. The van der Waals surface area contributed by atoms with Crippen molar-refractivity contribution in [3.05, 3.63) is 66.2 Å². The first-order chi connectivity index (χ1) is 13.8. The van der Waals surface area contributed by atoms with Crippen molar-refractivity contribution in [2.75, 3.05) is 18.0 Å². The third kappa shape index (κ3) is 3.11. The predicted molar refractivity (Wildman–Crippen MR) is 103 cm³/mol. The van der Waals surface area contributed by atoms with Crippen molar-refractivity contribution >= 4 is 17.3 Å². The summed E-state index contributed by atoms with van der Waals surface area (Å²) in [5.41, 5.74) is 1.86. The lowest BCUT2D eigenvalue weighted by Gasteiger charge is -2.19. The summed E-state index contributed by atoms with van der Waals surface area (Å²) in [6.07, 6.45) is 5.69. The van der Waals surface area contributed by atoms with Crippen molar-refractivity contribution in [3.8, 4) is 17.2 Å². The molecule has 1 aliphatic rings. The zero-order valence-corrected chi connectivity index (χ0v) is 15.6. The summed E-state index contributed by atoms with van der Waals surface area (Å²) in [5.74, 6) is 2.00. The van der Waals surface area contributed by atoms with Gasteiger partial charge >= 0.3 is 0 Å². The minimum Gasteiger partial charge on any atom is -0.370 e. The van der Waals surface area contributed by atoms with E-state index in [4.69, 9.17) is 16.1 Å². The number of halogens is 1. The van der Waals surface area contributed by atoms with Gasteiger partial charge in [-0.15, -0.1) is 0 Å². The van der Waals surface area contributed by atoms with Gasteiger partial charge in [-0.05, 0) is 30.7 Å². The van der Waals surface area contributed by atoms with Crippen molar-refractivity contribution in [1.82, 2.24) is 29.9 Å². The molecule has 4 aromatic rings. The van der Waals surface area contributed by atoms with Gasteiger partial charge in [0.2, 0.25) is 11.7 Å². The van der Waals surface area contributed by atoms with Crippen molar-refractivity contribution in [3.63, 3.8) is 0 Å². The van der Waals surface area contributed by atoms with Gasteiger partial charge < -0.3 is 9.42 Å². The van der Waals surface area contributed by atoms with Gasteiger partial charge in [0.05, 0.1) is 16.6 Å². The van der Waals surface area contributed by atoms with Gasteiger partial charge in [-0.2, -0.15) is 10.1 Å². The van der Waals surface area contributed by atoms with E-state index in [0.717, 1.165) is 35.8 Å². The van der Waals surface area contributed by atoms with Crippen LogP contribution < -0.4 is 4.90 Å². The molecule has 1 fully saturated rings. The molecule has 28 heavy (non-hydrogen) atoms. The molecule has 0 bridgehead atoms. The van der Waals surface area contributed by atoms with Gasteiger partial charge in [0.15, 0.2) is 5.82 Å². The average molecular weight is 394 g/mol. The molecule has 3 aromatic heterocycles. The Balaban J connectivity index is 1.36. The second-order valence-corrected chi connectivity index (χ2v) is 6.99. The van der Waals surface area contributed by atoms with Crippen molar-refractivity contribution in [2.45, 2.75) is 12.3 Å². The normalized spacial score (nSPS) is 16.6. The van der Waals surface area contributed by atoms with E-state index < -0.39 is 0 Å². The van der Waals surface area contributed by atoms with Crippen LogP contribution in [-0.2, 0) is 0 Å². The number of hydrogen-bond acceptors (Lipinski definition) is 7. The molecular weight excluding hydrogens is 378 g/mol. The van der Waals surface area contributed by atoms with E-state index in [9.17, 15) is 0 Å². The van der Waals surface area contributed by atoms with E-state index in [-0.39, 0.29) is 5.92 Å². The van der Waals surface area contributed by atoms with Crippen LogP contribution in [0.1, 0.15) is 18.2 Å². The third-order valence-electron chi connectivity index (χ3n) is 4.83. The van der Waals surface area contributed by atoms with Crippen LogP contribution in [0.4, 0.5) is 5.69 Å². The Labute approximate surface area is 165 Å². The zero-order valence-electron chi connectivity index (χ0n) is 14.8. The van der Waals surface area contributed by atoms with Gasteiger partial charge in [-0.25, -0.2) is 14.6 Å². The Hall–Kier alpha value is -3.26. The highest BCUT2D eigenvalue weighted by atomic mass is 35.5. The minimum absolute atomic E-state index is 0.175. The van der Waals surface area contributed by atoms with E-state index in [1.54, 1.807) is 17.2 Å². The van der Waals surface area contributed by atoms with Crippen LogP contribution in [0.25, 0.3) is 17.2 Å². The van der Waals surface area contributed by atoms with Crippen LogP contribution in [0.15, 0.2) is 59.8 Å².